The molecule has 1 fully saturated rings. The minimum atomic E-state index is -0.768. The Labute approximate surface area is 186 Å². The lowest BCUT2D eigenvalue weighted by Gasteiger charge is -2.13. The number of nitrogens with two attached hydrogens (primary N) is 1. The standard InChI is InChI=1S/C20H31N7O5/c1-2-32-16-9-7-14(8-10-16)25-19(29)17-12-15(13-23-17)24-18(28)6-4-3-5-11-22-20(21)26-27(30)31/h7-10,15,17,23H,2-6,11-13H2,1H3,(H,24,28)(H,25,29)(H3,21,22,26)/t15-,17-/m0/s1. The molecule has 2 atom stereocenters. The number of anilines is 1. The second kappa shape index (κ2) is 13.1. The molecule has 1 saturated heterocycles. The molecular formula is C20H31N7O5. The smallest absolute Gasteiger partial charge is 0.251 e. The van der Waals surface area contributed by atoms with E-state index in [-0.39, 0.29) is 29.9 Å². The summed E-state index contributed by atoms with van der Waals surface area (Å²) in [6.45, 7) is 3.38. The predicted molar refractivity (Wildman–Crippen MR) is 120 cm³/mol. The number of guanidine groups is 1. The van der Waals surface area contributed by atoms with Crippen molar-refractivity contribution in [2.75, 3.05) is 25.0 Å². The van der Waals surface area contributed by atoms with E-state index in [0.717, 1.165) is 12.2 Å². The molecule has 0 aromatic heterocycles. The molecular weight excluding hydrogens is 418 g/mol. The summed E-state index contributed by atoms with van der Waals surface area (Å²) < 4.78 is 5.38. The normalized spacial score (nSPS) is 18.1. The first-order valence-corrected chi connectivity index (χ1v) is 10.6. The molecule has 6 N–H and O–H groups in total. The Hall–Kier alpha value is -3.41. The Balaban J connectivity index is 1.61. The maximum absolute atomic E-state index is 12.5. The number of hydrogen-bond donors (Lipinski definition) is 5. The van der Waals surface area contributed by atoms with Crippen LogP contribution in [0.15, 0.2) is 29.3 Å². The molecule has 1 aliphatic rings. The number of nitrogens with zero attached hydrogens (tertiary/aromatic N) is 2. The third-order valence-electron chi connectivity index (χ3n) is 4.80. The number of hydrazine groups is 1. The quantitative estimate of drug-likeness (QED) is 0.101. The minimum Gasteiger partial charge on any atom is -0.494 e. The first-order valence-electron chi connectivity index (χ1n) is 10.6. The summed E-state index contributed by atoms with van der Waals surface area (Å²) in [7, 11) is 0. The number of hydrogen-bond acceptors (Lipinski definition) is 7. The maximum Gasteiger partial charge on any atom is 0.251 e. The summed E-state index contributed by atoms with van der Waals surface area (Å²) in [6.07, 6.45) is 2.98. The third-order valence-corrected chi connectivity index (χ3v) is 4.80. The monoisotopic (exact) mass is 449 g/mol. The van der Waals surface area contributed by atoms with Gasteiger partial charge in [-0.05, 0) is 50.5 Å². The molecule has 1 aromatic rings. The second-order valence-corrected chi connectivity index (χ2v) is 7.35. The number of carbonyl (C=O) groups is 2. The molecule has 2 amide bonds. The van der Waals surface area contributed by atoms with E-state index in [0.29, 0.717) is 51.1 Å². The Morgan fingerprint density at radius 2 is 2.03 bits per heavy atom. The summed E-state index contributed by atoms with van der Waals surface area (Å²) in [4.78, 5) is 38.6. The molecule has 0 unspecified atom stereocenters. The van der Waals surface area contributed by atoms with Crippen LogP contribution < -0.4 is 31.8 Å². The van der Waals surface area contributed by atoms with Gasteiger partial charge >= 0.3 is 0 Å². The molecule has 1 aliphatic heterocycles. The molecule has 1 heterocycles. The number of benzene rings is 1. The van der Waals surface area contributed by atoms with Gasteiger partial charge in [0.1, 0.15) is 5.75 Å². The average molecular weight is 450 g/mol. The highest BCUT2D eigenvalue weighted by molar-refractivity contribution is 5.95. The highest BCUT2D eigenvalue weighted by Crippen LogP contribution is 2.17. The summed E-state index contributed by atoms with van der Waals surface area (Å²) in [5.74, 6) is 0.304. The van der Waals surface area contributed by atoms with Crippen molar-refractivity contribution in [3.63, 3.8) is 0 Å². The highest BCUT2D eigenvalue weighted by atomic mass is 16.7. The molecule has 12 nitrogen and oxygen atoms in total. The van der Waals surface area contributed by atoms with E-state index < -0.39 is 5.03 Å². The zero-order chi connectivity index (χ0) is 23.3. The van der Waals surface area contributed by atoms with Crippen molar-refractivity contribution in [1.82, 2.24) is 16.1 Å². The molecule has 32 heavy (non-hydrogen) atoms. The van der Waals surface area contributed by atoms with E-state index in [2.05, 4.69) is 20.9 Å². The van der Waals surface area contributed by atoms with Crippen molar-refractivity contribution in [1.29, 1.82) is 0 Å². The Bertz CT molecular complexity index is 800. The SMILES string of the molecule is CCOc1ccc(NC(=O)[C@@H]2C[C@H](NC(=O)CCCCCN=C(N)N[N+](=O)[O-])CN2)cc1. The van der Waals surface area contributed by atoms with E-state index in [1.54, 1.807) is 29.7 Å². The summed E-state index contributed by atoms with van der Waals surface area (Å²) in [5, 5.41) is 18.4. The van der Waals surface area contributed by atoms with E-state index in [9.17, 15) is 19.7 Å². The van der Waals surface area contributed by atoms with Crippen LogP contribution in [0.3, 0.4) is 0 Å². The van der Waals surface area contributed by atoms with Crippen molar-refractivity contribution in [3.8, 4) is 5.75 Å². The first-order chi connectivity index (χ1) is 15.4. The second-order valence-electron chi connectivity index (χ2n) is 7.35. The summed E-state index contributed by atoms with van der Waals surface area (Å²) >= 11 is 0. The van der Waals surface area contributed by atoms with Crippen LogP contribution in [0.5, 0.6) is 5.75 Å². The Morgan fingerprint density at radius 1 is 1.28 bits per heavy atom. The molecule has 0 saturated carbocycles. The molecule has 176 valence electrons. The van der Waals surface area contributed by atoms with Gasteiger partial charge in [-0.25, -0.2) is 15.1 Å². The van der Waals surface area contributed by atoms with Crippen molar-refractivity contribution >= 4 is 23.5 Å². The number of aliphatic imine (C=N–C) groups is 1. The van der Waals surface area contributed by atoms with Gasteiger partial charge in [-0.15, -0.1) is 0 Å². The van der Waals surface area contributed by atoms with Crippen LogP contribution in [-0.2, 0) is 9.59 Å². The van der Waals surface area contributed by atoms with Crippen molar-refractivity contribution in [2.45, 2.75) is 51.1 Å². The summed E-state index contributed by atoms with van der Waals surface area (Å²) in [6, 6.07) is 6.70. The van der Waals surface area contributed by atoms with Gasteiger partial charge in [0.25, 0.3) is 5.96 Å². The predicted octanol–water partition coefficient (Wildman–Crippen LogP) is 0.527. The minimum absolute atomic E-state index is 0.0672. The average Bonchev–Trinajstić information content (AvgIpc) is 3.20. The zero-order valence-corrected chi connectivity index (χ0v) is 18.1. The number of ether oxygens (including phenoxy) is 1. The largest absolute Gasteiger partial charge is 0.494 e. The number of rotatable bonds is 12. The lowest BCUT2D eigenvalue weighted by molar-refractivity contribution is -0.525. The van der Waals surface area contributed by atoms with Gasteiger partial charge in [0.05, 0.1) is 12.6 Å². The van der Waals surface area contributed by atoms with Crippen LogP contribution in [0.25, 0.3) is 0 Å². The van der Waals surface area contributed by atoms with Crippen molar-refractivity contribution < 1.29 is 19.4 Å². The molecule has 0 aliphatic carbocycles. The fourth-order valence-electron chi connectivity index (χ4n) is 3.28. The molecule has 2 rings (SSSR count). The van der Waals surface area contributed by atoms with E-state index in [1.165, 1.54) is 0 Å². The van der Waals surface area contributed by atoms with E-state index in [4.69, 9.17) is 10.5 Å². The van der Waals surface area contributed by atoms with Gasteiger partial charge in [-0.3, -0.25) is 9.59 Å². The summed E-state index contributed by atoms with van der Waals surface area (Å²) in [5.41, 5.74) is 7.77. The number of unbranched alkanes of at least 4 members (excludes halogenated alkanes) is 2. The fourth-order valence-corrected chi connectivity index (χ4v) is 3.28. The van der Waals surface area contributed by atoms with Gasteiger partial charge in [0.2, 0.25) is 11.8 Å². The molecule has 1 aromatic carbocycles. The first kappa shape index (κ1) is 24.9. The van der Waals surface area contributed by atoms with Crippen LogP contribution in [-0.4, -0.2) is 54.6 Å². The number of nitrogens with one attached hydrogen (secondary N) is 4. The molecule has 0 spiro atoms. The lowest BCUT2D eigenvalue weighted by Crippen LogP contribution is -2.36. The van der Waals surface area contributed by atoms with Crippen LogP contribution in [0, 0.1) is 10.1 Å². The molecule has 0 radical (unpaired) electrons. The van der Waals surface area contributed by atoms with Gasteiger partial charge in [0.15, 0.2) is 5.03 Å². The molecule has 12 heteroatoms. The van der Waals surface area contributed by atoms with Crippen LogP contribution >= 0.6 is 0 Å². The number of carbonyl (C=O) groups excluding carboxylic acids is 2. The lowest BCUT2D eigenvalue weighted by atomic mass is 10.1. The van der Waals surface area contributed by atoms with Crippen molar-refractivity contribution in [3.05, 3.63) is 34.4 Å². The van der Waals surface area contributed by atoms with Crippen LogP contribution in [0.2, 0.25) is 0 Å². The zero-order valence-electron chi connectivity index (χ0n) is 18.1. The van der Waals surface area contributed by atoms with Gasteiger partial charge < -0.3 is 26.4 Å². The van der Waals surface area contributed by atoms with Crippen molar-refractivity contribution in [2.24, 2.45) is 10.7 Å². The molecule has 0 bridgehead atoms. The number of nitro groups is 1. The van der Waals surface area contributed by atoms with E-state index in [1.807, 2.05) is 6.92 Å². The van der Waals surface area contributed by atoms with Gasteiger partial charge in [-0.1, -0.05) is 11.8 Å². The Kier molecular flexibility index (Phi) is 10.2. The fraction of sp³-hybridized carbons (Fsp3) is 0.550. The Morgan fingerprint density at radius 3 is 2.72 bits per heavy atom. The maximum atomic E-state index is 12.5. The number of amides is 2. The third kappa shape index (κ3) is 9.16. The van der Waals surface area contributed by atoms with Gasteiger partial charge in [0, 0.05) is 31.2 Å². The van der Waals surface area contributed by atoms with Gasteiger partial charge in [-0.2, -0.15) is 0 Å². The topological polar surface area (TPSA) is 173 Å². The highest BCUT2D eigenvalue weighted by Gasteiger charge is 2.30. The van der Waals surface area contributed by atoms with E-state index >= 15 is 0 Å². The van der Waals surface area contributed by atoms with Crippen LogP contribution in [0.1, 0.15) is 39.0 Å². The van der Waals surface area contributed by atoms with Crippen LogP contribution in [0.4, 0.5) is 5.69 Å².